The lowest BCUT2D eigenvalue weighted by molar-refractivity contribution is 0.298. The fraction of sp³-hybridized carbons (Fsp3) is 0.385. The molecule has 18 heavy (non-hydrogen) atoms. The first kappa shape index (κ1) is 12.6. The quantitative estimate of drug-likeness (QED) is 0.762. The van der Waals surface area contributed by atoms with Crippen molar-refractivity contribution in [1.82, 2.24) is 9.97 Å². The largest absolute Gasteiger partial charge is 0.396 e. The van der Waals surface area contributed by atoms with Gasteiger partial charge in [-0.15, -0.1) is 0 Å². The fourth-order valence-corrected chi connectivity index (χ4v) is 1.84. The number of nitrogen functional groups attached to an aromatic ring is 1. The van der Waals surface area contributed by atoms with Crippen molar-refractivity contribution in [2.45, 2.75) is 26.3 Å². The molecule has 0 amide bonds. The second-order valence-electron chi connectivity index (χ2n) is 4.57. The molecule has 0 aliphatic rings. The average Bonchev–Trinajstić information content (AvgIpc) is 2.30. The van der Waals surface area contributed by atoms with E-state index < -0.39 is 0 Å². The molecule has 5 heteroatoms. The van der Waals surface area contributed by atoms with Gasteiger partial charge in [-0.2, -0.15) is 0 Å². The van der Waals surface area contributed by atoms with Crippen LogP contribution in [0.15, 0.2) is 18.3 Å². The van der Waals surface area contributed by atoms with E-state index in [-0.39, 0.29) is 12.6 Å². The Morgan fingerprint density at radius 2 is 2.17 bits per heavy atom. The first-order valence-corrected chi connectivity index (χ1v) is 6.02. The third kappa shape index (κ3) is 2.68. The van der Waals surface area contributed by atoms with Gasteiger partial charge < -0.3 is 16.2 Å². The number of aromatic nitrogens is 2. The summed E-state index contributed by atoms with van der Waals surface area (Å²) in [6.07, 6.45) is 2.27. The van der Waals surface area contributed by atoms with Gasteiger partial charge in [0.15, 0.2) is 0 Å². The van der Waals surface area contributed by atoms with Gasteiger partial charge in [0, 0.05) is 41.7 Å². The van der Waals surface area contributed by atoms with Gasteiger partial charge in [0.1, 0.15) is 11.6 Å². The van der Waals surface area contributed by atoms with Crippen molar-refractivity contribution in [3.63, 3.8) is 0 Å². The van der Waals surface area contributed by atoms with Crippen LogP contribution in [0, 0.1) is 0 Å². The van der Waals surface area contributed by atoms with Crippen LogP contribution in [0.3, 0.4) is 0 Å². The number of nitrogens with two attached hydrogens (primary N) is 1. The molecule has 5 nitrogen and oxygen atoms in total. The number of pyridine rings is 2. The summed E-state index contributed by atoms with van der Waals surface area (Å²) >= 11 is 0. The molecule has 2 aromatic rings. The molecule has 4 N–H and O–H groups in total. The van der Waals surface area contributed by atoms with E-state index in [0.29, 0.717) is 12.2 Å². The zero-order valence-electron chi connectivity index (χ0n) is 10.6. The van der Waals surface area contributed by atoms with Crippen molar-refractivity contribution in [3.05, 3.63) is 24.0 Å². The number of hydrogen-bond acceptors (Lipinski definition) is 5. The van der Waals surface area contributed by atoms with Crippen LogP contribution in [0.2, 0.25) is 0 Å². The predicted molar refractivity (Wildman–Crippen MR) is 73.5 cm³/mol. The van der Waals surface area contributed by atoms with Crippen LogP contribution in [0.1, 0.15) is 19.5 Å². The molecule has 0 fully saturated rings. The number of anilines is 2. The predicted octanol–water partition coefficient (Wildman–Crippen LogP) is 1.57. The maximum atomic E-state index is 9.01. The SMILES string of the molecule is CC(C)Nc1nc(CCO)cc2cnc(N)cc12. The summed E-state index contributed by atoms with van der Waals surface area (Å²) in [5, 5.41) is 14.2. The summed E-state index contributed by atoms with van der Waals surface area (Å²) in [7, 11) is 0. The molecule has 0 saturated carbocycles. The Balaban J connectivity index is 2.57. The molecule has 0 atom stereocenters. The third-order valence-electron chi connectivity index (χ3n) is 2.58. The first-order chi connectivity index (χ1) is 8.60. The number of nitrogens with one attached hydrogen (secondary N) is 1. The van der Waals surface area contributed by atoms with Gasteiger partial charge in [-0.05, 0) is 26.0 Å². The maximum absolute atomic E-state index is 9.01. The van der Waals surface area contributed by atoms with Crippen LogP contribution >= 0.6 is 0 Å². The molecule has 0 aliphatic carbocycles. The average molecular weight is 246 g/mol. The molecule has 2 rings (SSSR count). The Labute approximate surface area is 106 Å². The van der Waals surface area contributed by atoms with Gasteiger partial charge in [0.25, 0.3) is 0 Å². The molecule has 96 valence electrons. The second-order valence-corrected chi connectivity index (χ2v) is 4.57. The van der Waals surface area contributed by atoms with E-state index in [1.54, 1.807) is 6.20 Å². The smallest absolute Gasteiger partial charge is 0.134 e. The molecule has 2 heterocycles. The first-order valence-electron chi connectivity index (χ1n) is 6.02. The highest BCUT2D eigenvalue weighted by Gasteiger charge is 2.08. The second kappa shape index (κ2) is 5.18. The Morgan fingerprint density at radius 1 is 1.39 bits per heavy atom. The summed E-state index contributed by atoms with van der Waals surface area (Å²) in [5.74, 6) is 1.27. The molecule has 0 spiro atoms. The zero-order valence-corrected chi connectivity index (χ0v) is 10.6. The Kier molecular flexibility index (Phi) is 3.62. The highest BCUT2D eigenvalue weighted by molar-refractivity contribution is 5.93. The van der Waals surface area contributed by atoms with E-state index in [0.717, 1.165) is 22.3 Å². The number of hydrogen-bond donors (Lipinski definition) is 3. The number of nitrogens with zero attached hydrogens (tertiary/aromatic N) is 2. The summed E-state index contributed by atoms with van der Waals surface area (Å²) in [6, 6.07) is 4.03. The van der Waals surface area contributed by atoms with Crippen molar-refractivity contribution >= 4 is 22.4 Å². The normalized spacial score (nSPS) is 11.1. The van der Waals surface area contributed by atoms with Crippen LogP contribution in [0.5, 0.6) is 0 Å². The van der Waals surface area contributed by atoms with Crippen LogP contribution in [-0.2, 0) is 6.42 Å². The van der Waals surface area contributed by atoms with Crippen LogP contribution in [0.25, 0.3) is 10.8 Å². The molecule has 0 radical (unpaired) electrons. The van der Waals surface area contributed by atoms with Crippen molar-refractivity contribution < 1.29 is 5.11 Å². The van der Waals surface area contributed by atoms with Crippen molar-refractivity contribution in [3.8, 4) is 0 Å². The standard InChI is InChI=1S/C13H18N4O/c1-8(2)16-13-11-6-12(14)15-7-9(11)5-10(17-13)3-4-18/h5-8,18H,3-4H2,1-2H3,(H2,14,15)(H,16,17). The van der Waals surface area contributed by atoms with Gasteiger partial charge in [-0.1, -0.05) is 0 Å². The van der Waals surface area contributed by atoms with Gasteiger partial charge in [-0.25, -0.2) is 9.97 Å². The maximum Gasteiger partial charge on any atom is 0.134 e. The topological polar surface area (TPSA) is 84.1 Å². The number of rotatable bonds is 4. The highest BCUT2D eigenvalue weighted by atomic mass is 16.3. The monoisotopic (exact) mass is 246 g/mol. The van der Waals surface area contributed by atoms with Gasteiger partial charge >= 0.3 is 0 Å². The van der Waals surface area contributed by atoms with Crippen molar-refractivity contribution in [2.75, 3.05) is 17.7 Å². The molecule has 0 bridgehead atoms. The number of aliphatic hydroxyl groups is 1. The molecular weight excluding hydrogens is 228 g/mol. The zero-order chi connectivity index (χ0) is 13.1. The summed E-state index contributed by atoms with van der Waals surface area (Å²) in [5.41, 5.74) is 6.56. The molecule has 2 aromatic heterocycles. The lowest BCUT2D eigenvalue weighted by Gasteiger charge is -2.13. The lowest BCUT2D eigenvalue weighted by Crippen LogP contribution is -2.12. The number of fused-ring (bicyclic) bond motifs is 1. The van der Waals surface area contributed by atoms with Crippen LogP contribution in [0.4, 0.5) is 11.6 Å². The molecule has 0 saturated heterocycles. The minimum atomic E-state index is 0.0853. The summed E-state index contributed by atoms with van der Waals surface area (Å²) < 4.78 is 0. The van der Waals surface area contributed by atoms with Crippen molar-refractivity contribution in [1.29, 1.82) is 0 Å². The van der Waals surface area contributed by atoms with E-state index in [4.69, 9.17) is 10.8 Å². The summed E-state index contributed by atoms with van der Waals surface area (Å²) in [4.78, 5) is 8.61. The molecule has 0 aromatic carbocycles. The van der Waals surface area contributed by atoms with E-state index >= 15 is 0 Å². The van der Waals surface area contributed by atoms with Gasteiger partial charge in [-0.3, -0.25) is 0 Å². The van der Waals surface area contributed by atoms with Crippen molar-refractivity contribution in [2.24, 2.45) is 0 Å². The number of aliphatic hydroxyl groups excluding tert-OH is 1. The Morgan fingerprint density at radius 3 is 2.83 bits per heavy atom. The van der Waals surface area contributed by atoms with E-state index in [9.17, 15) is 0 Å². The van der Waals surface area contributed by atoms with E-state index in [1.807, 2.05) is 12.1 Å². The molecule has 0 aliphatic heterocycles. The molecule has 0 unspecified atom stereocenters. The van der Waals surface area contributed by atoms with E-state index in [2.05, 4.69) is 29.1 Å². The Bertz CT molecular complexity index is 554. The van der Waals surface area contributed by atoms with E-state index in [1.165, 1.54) is 0 Å². The van der Waals surface area contributed by atoms with Crippen LogP contribution in [-0.4, -0.2) is 27.7 Å². The summed E-state index contributed by atoms with van der Waals surface area (Å²) in [6.45, 7) is 4.19. The minimum Gasteiger partial charge on any atom is -0.396 e. The minimum absolute atomic E-state index is 0.0853. The van der Waals surface area contributed by atoms with Gasteiger partial charge in [0.2, 0.25) is 0 Å². The lowest BCUT2D eigenvalue weighted by atomic mass is 10.1. The third-order valence-corrected chi connectivity index (χ3v) is 2.58. The highest BCUT2D eigenvalue weighted by Crippen LogP contribution is 2.24. The molecular formula is C13H18N4O. The van der Waals surface area contributed by atoms with Crippen LogP contribution < -0.4 is 11.1 Å². The Hall–Kier alpha value is -1.88. The fourth-order valence-electron chi connectivity index (χ4n) is 1.84. The van der Waals surface area contributed by atoms with Gasteiger partial charge in [0.05, 0.1) is 0 Å².